The average Bonchev–Trinajstić information content (AvgIpc) is 1.77. The normalized spacial score (nSPS) is 10.8. The quantitative estimate of drug-likeness (QED) is 0.0186. The molecule has 3 N–H and O–H groups in total. The zero-order valence-corrected chi connectivity index (χ0v) is 65.5. The highest BCUT2D eigenvalue weighted by Crippen LogP contribution is 2.41. The summed E-state index contributed by atoms with van der Waals surface area (Å²) in [6, 6.07) is 38.5. The van der Waals surface area contributed by atoms with Gasteiger partial charge in [-0.1, -0.05) is 43.8 Å². The highest BCUT2D eigenvalue weighted by molar-refractivity contribution is 9.10. The monoisotopic (exact) mass is 1570 g/mol. The fraction of sp³-hybridized carbons (Fsp3) is 0.286. The number of phenols is 3. The number of phenolic OH excluding ortho intramolecular Hbond substituents is 3. The second-order valence-corrected chi connectivity index (χ2v) is 26.9. The molecule has 0 aliphatic carbocycles. The number of hydrogen-bond donors (Lipinski definition) is 3. The van der Waals surface area contributed by atoms with Crippen LogP contribution in [0.15, 0.2) is 175 Å². The van der Waals surface area contributed by atoms with E-state index in [-0.39, 0.29) is 103 Å². The first kappa shape index (κ1) is 84.1. The van der Waals surface area contributed by atoms with Crippen molar-refractivity contribution in [2.75, 3.05) is 21.3 Å². The maximum Gasteiger partial charge on any atom is 0.175 e. The summed E-state index contributed by atoms with van der Waals surface area (Å²) in [5.74, 6) is 0.613. The van der Waals surface area contributed by atoms with Crippen LogP contribution in [0.1, 0.15) is 177 Å². The third-order valence-corrected chi connectivity index (χ3v) is 17.6. The number of carbonyl (C=O) groups excluding carboxylic acids is 4. The van der Waals surface area contributed by atoms with Crippen LogP contribution in [-0.2, 0) is 26.4 Å². The molecule has 12 aromatic rings. The van der Waals surface area contributed by atoms with Crippen molar-refractivity contribution in [2.24, 2.45) is 0 Å². The number of halogens is 1. The molecule has 0 saturated heterocycles. The highest BCUT2D eigenvalue weighted by Gasteiger charge is 2.25. The number of ether oxygens (including phenoxy) is 7. The van der Waals surface area contributed by atoms with Gasteiger partial charge in [0.05, 0.1) is 72.4 Å². The Balaban J connectivity index is 0.000000185. The Morgan fingerprint density at radius 1 is 0.414 bits per heavy atom. The van der Waals surface area contributed by atoms with Crippen LogP contribution in [-0.4, -0.2) is 119 Å². The van der Waals surface area contributed by atoms with Crippen molar-refractivity contribution in [1.29, 1.82) is 0 Å². The third kappa shape index (κ3) is 20.1. The first-order valence-corrected chi connectivity index (χ1v) is 36.0. The smallest absolute Gasteiger partial charge is 0.175 e. The molecule has 27 heteroatoms. The van der Waals surface area contributed by atoms with E-state index in [1.807, 2.05) is 118 Å². The van der Waals surface area contributed by atoms with Crippen LogP contribution in [0.2, 0.25) is 0 Å². The Hall–Kier alpha value is -12.5. The van der Waals surface area contributed by atoms with E-state index in [9.17, 15) is 34.5 Å². The van der Waals surface area contributed by atoms with Gasteiger partial charge >= 0.3 is 0 Å². The number of methoxy groups -OCH3 is 3. The number of nitrogens with zero attached hydrogens (tertiary/aromatic N) is 12. The van der Waals surface area contributed by atoms with Gasteiger partial charge in [-0.05, 0) is 196 Å². The van der Waals surface area contributed by atoms with Gasteiger partial charge in [0.15, 0.2) is 58.1 Å². The number of rotatable bonds is 27. The number of pyridine rings is 4. The molecule has 0 radical (unpaired) electrons. The number of Topliss-reactive ketones (excluding diaryl/α,β-unsaturated/α-hetero) is 3. The maximum absolute atomic E-state index is 12.3. The standard InChI is InChI=1S/C22H25N3O4.C21H23N3O4.C20H20BrN3O2.C20H21N3O4.CH4/c1-14(2)25-17(10-12-24-25)21-16(7-6-11-23-21)13-29-18-8-9-19(27-4)22(28-5)20(18)15(3)26;1-13(2)24-16(9-11-23-24)20-15(6-5-10-22-20)12-28-17-7-8-18(27-4)21(26)19(17)14(3)25;1-13(2)24-17(9-10-22-24)20-15(7-8-19(21)23-20)12-26-18-6-4-5-14(3)16(18)11-25;1-12(2)23-15(8-10-22-23)19-14(5-4-9-21-19)11-27-17-7-6-16(25)20(26)18(17)13(3)24;/h6-12,14H,13H2,1-5H3;5-11,13,26H,12H2,1-4H3;4-11,13H,12H2,1-3H3;4-10,12,25-26H,11H2,1-3H3;1H4. The fourth-order valence-electron chi connectivity index (χ4n) is 11.9. The maximum atomic E-state index is 12.3. The summed E-state index contributed by atoms with van der Waals surface area (Å²) in [6.07, 6.45) is 13.0. The van der Waals surface area contributed by atoms with Crippen molar-refractivity contribution in [1.82, 2.24) is 59.1 Å². The molecule has 0 aliphatic rings. The van der Waals surface area contributed by atoms with Crippen LogP contribution in [0.3, 0.4) is 0 Å². The summed E-state index contributed by atoms with van der Waals surface area (Å²) in [7, 11) is 4.46. The van der Waals surface area contributed by atoms with Gasteiger partial charge in [0.1, 0.15) is 70.7 Å². The minimum atomic E-state index is -0.482. The molecule has 0 bridgehead atoms. The molecule has 0 atom stereocenters. The Morgan fingerprint density at radius 2 is 0.775 bits per heavy atom. The lowest BCUT2D eigenvalue weighted by Crippen LogP contribution is -2.09. The summed E-state index contributed by atoms with van der Waals surface area (Å²) in [6.45, 7) is 23.4. The molecule has 0 unspecified atom stereocenters. The predicted octanol–water partition coefficient (Wildman–Crippen LogP) is 17.7. The van der Waals surface area contributed by atoms with Crippen molar-refractivity contribution in [3.05, 3.63) is 225 Å². The molecular weight excluding hydrogens is 1480 g/mol. The van der Waals surface area contributed by atoms with Crippen LogP contribution in [0, 0.1) is 6.92 Å². The van der Waals surface area contributed by atoms with E-state index in [0.29, 0.717) is 40.7 Å². The molecule has 4 aromatic carbocycles. The van der Waals surface area contributed by atoms with E-state index >= 15 is 0 Å². The van der Waals surface area contributed by atoms with Crippen molar-refractivity contribution in [2.45, 2.75) is 141 Å². The molecule has 580 valence electrons. The van der Waals surface area contributed by atoms with Gasteiger partial charge in [-0.15, -0.1) is 0 Å². The first-order chi connectivity index (χ1) is 52.8. The highest BCUT2D eigenvalue weighted by atomic mass is 79.9. The van der Waals surface area contributed by atoms with Crippen LogP contribution in [0.4, 0.5) is 0 Å². The van der Waals surface area contributed by atoms with Crippen molar-refractivity contribution >= 4 is 39.6 Å². The SMILES string of the molecule is C.CC(=O)c1c(OCc2cccnc2-c2ccnn2C(C)C)ccc(O)c1O.COc1ccc(OCc2cccnc2-c2ccnn2C(C)C)c(C(C)=O)c1O.COc1ccc(OCc2cccnc2-c2ccnn2C(C)C)c(C(C)=O)c1OC.Cc1cccc(OCc2ccc(Br)nc2-c2ccnn2C(C)C)c1C=O. The number of aldehydes is 1. The van der Waals surface area contributed by atoms with Gasteiger partial charge in [0.25, 0.3) is 0 Å². The summed E-state index contributed by atoms with van der Waals surface area (Å²) >= 11 is 3.44. The van der Waals surface area contributed by atoms with Crippen LogP contribution < -0.4 is 33.2 Å². The number of carbonyl (C=O) groups is 4. The predicted molar refractivity (Wildman–Crippen MR) is 426 cm³/mol. The van der Waals surface area contributed by atoms with Crippen molar-refractivity contribution in [3.63, 3.8) is 0 Å². The molecule has 0 aliphatic heterocycles. The Kier molecular flexibility index (Phi) is 29.6. The van der Waals surface area contributed by atoms with E-state index < -0.39 is 11.5 Å². The Labute approximate surface area is 653 Å². The first-order valence-electron chi connectivity index (χ1n) is 35.2. The Bertz CT molecular complexity index is 5200. The molecule has 0 fully saturated rings. The number of benzene rings is 4. The number of hydrogen-bond acceptors (Lipinski definition) is 22. The fourth-order valence-corrected chi connectivity index (χ4v) is 12.2. The zero-order valence-electron chi connectivity index (χ0n) is 64.0. The number of ketones is 3. The summed E-state index contributed by atoms with van der Waals surface area (Å²) in [4.78, 5) is 65.6. The lowest BCUT2D eigenvalue weighted by atomic mass is 10.1. The van der Waals surface area contributed by atoms with E-state index in [4.69, 9.17) is 33.2 Å². The van der Waals surface area contributed by atoms with Crippen molar-refractivity contribution in [3.8, 4) is 103 Å². The van der Waals surface area contributed by atoms with E-state index in [2.05, 4.69) is 97.8 Å². The zero-order chi connectivity index (χ0) is 79.5. The molecule has 111 heavy (non-hydrogen) atoms. The van der Waals surface area contributed by atoms with Crippen LogP contribution in [0.25, 0.3) is 45.6 Å². The van der Waals surface area contributed by atoms with E-state index in [0.717, 1.165) is 84.3 Å². The minimum absolute atomic E-state index is 0. The van der Waals surface area contributed by atoms with Gasteiger partial charge in [0.2, 0.25) is 0 Å². The number of aryl methyl sites for hydroxylation is 1. The molecular formula is C84H93BrN12O14. The molecule has 12 rings (SSSR count). The van der Waals surface area contributed by atoms with Gasteiger partial charge in [-0.3, -0.25) is 52.9 Å². The number of aromatic hydroxyl groups is 3. The third-order valence-electron chi connectivity index (χ3n) is 17.2. The lowest BCUT2D eigenvalue weighted by molar-refractivity contribution is 0.0996. The minimum Gasteiger partial charge on any atom is -0.504 e. The molecule has 0 saturated carbocycles. The van der Waals surface area contributed by atoms with Gasteiger partial charge < -0.3 is 48.5 Å². The van der Waals surface area contributed by atoms with Crippen molar-refractivity contribution < 1.29 is 67.7 Å². The lowest BCUT2D eigenvalue weighted by Gasteiger charge is -2.17. The van der Waals surface area contributed by atoms with E-state index in [1.54, 1.807) is 79.8 Å². The van der Waals surface area contributed by atoms with Gasteiger partial charge in [-0.25, -0.2) is 4.98 Å². The molecule has 26 nitrogen and oxygen atoms in total. The topological polar surface area (TPSA) is 316 Å². The Morgan fingerprint density at radius 3 is 1.16 bits per heavy atom. The van der Waals surface area contributed by atoms with Crippen LogP contribution >= 0.6 is 15.9 Å². The average molecular weight is 1570 g/mol. The van der Waals surface area contributed by atoms with Gasteiger partial charge in [-0.2, -0.15) is 20.4 Å². The van der Waals surface area contributed by atoms with E-state index in [1.165, 1.54) is 54.2 Å². The second kappa shape index (κ2) is 39.0. The second-order valence-electron chi connectivity index (χ2n) is 26.1. The summed E-state index contributed by atoms with van der Waals surface area (Å²) in [5.41, 5.74) is 12.0. The summed E-state index contributed by atoms with van der Waals surface area (Å²) < 4.78 is 47.8. The summed E-state index contributed by atoms with van der Waals surface area (Å²) in [5, 5.41) is 47.4. The number of aromatic nitrogens is 12. The molecule has 8 aromatic heterocycles. The largest absolute Gasteiger partial charge is 0.504 e. The molecule has 8 heterocycles. The van der Waals surface area contributed by atoms with Crippen LogP contribution in [0.5, 0.6) is 57.5 Å². The molecule has 0 amide bonds. The van der Waals surface area contributed by atoms with Gasteiger partial charge in [0, 0.05) is 89.8 Å². The molecule has 0 spiro atoms.